The van der Waals surface area contributed by atoms with Crippen molar-refractivity contribution < 1.29 is 23.6 Å². The Kier molecular flexibility index (Phi) is 6.79. The molecule has 2 heterocycles. The highest BCUT2D eigenvalue weighted by molar-refractivity contribution is 5.95. The lowest BCUT2D eigenvalue weighted by Crippen LogP contribution is -3.08. The van der Waals surface area contributed by atoms with Gasteiger partial charge in [0.15, 0.2) is 0 Å². The number of benzene rings is 1. The quantitative estimate of drug-likeness (QED) is 0.567. The topological polar surface area (TPSA) is 88.2 Å². The number of anilines is 1. The number of rotatable bonds is 8. The van der Waals surface area contributed by atoms with Gasteiger partial charge in [0.25, 0.3) is 0 Å². The van der Waals surface area contributed by atoms with E-state index in [2.05, 4.69) is 39.8 Å². The van der Waals surface area contributed by atoms with Crippen LogP contribution in [0.25, 0.3) is 0 Å². The Morgan fingerprint density at radius 2 is 1.93 bits per heavy atom. The summed E-state index contributed by atoms with van der Waals surface area (Å²) < 4.78 is 10.7. The number of quaternary nitrogens is 1. The number of nitrogens with one attached hydrogen (secondary N) is 3. The molecule has 2 aromatic rings. The lowest BCUT2D eigenvalue weighted by atomic mass is 10.00. The van der Waals surface area contributed by atoms with Crippen LogP contribution in [0.4, 0.5) is 10.5 Å². The van der Waals surface area contributed by atoms with Gasteiger partial charge in [0.1, 0.15) is 24.9 Å². The number of ether oxygens (including phenoxy) is 1. The van der Waals surface area contributed by atoms with Crippen LogP contribution in [-0.4, -0.2) is 46.3 Å². The minimum atomic E-state index is -0.685. The Morgan fingerprint density at radius 3 is 2.53 bits per heavy atom. The fourth-order valence-electron chi connectivity index (χ4n) is 3.50. The van der Waals surface area contributed by atoms with Gasteiger partial charge in [-0.1, -0.05) is 12.1 Å². The summed E-state index contributed by atoms with van der Waals surface area (Å²) in [6, 6.07) is 10.7. The third-order valence-corrected chi connectivity index (χ3v) is 4.91. The van der Waals surface area contributed by atoms with E-state index in [-0.39, 0.29) is 12.6 Å². The van der Waals surface area contributed by atoms with Gasteiger partial charge in [-0.05, 0) is 31.2 Å². The third-order valence-electron chi connectivity index (χ3n) is 4.91. The van der Waals surface area contributed by atoms with E-state index in [0.29, 0.717) is 23.6 Å². The van der Waals surface area contributed by atoms with Crippen LogP contribution in [0.5, 0.6) is 0 Å². The number of hydrogen-bond acceptors (Lipinski definition) is 5. The Hall–Kier alpha value is -3.26. The van der Waals surface area contributed by atoms with Crippen molar-refractivity contribution in [2.24, 2.45) is 0 Å². The van der Waals surface area contributed by atoms with Crippen molar-refractivity contribution >= 4 is 17.7 Å². The number of esters is 1. The number of hydrogen-bond donors (Lipinski definition) is 3. The summed E-state index contributed by atoms with van der Waals surface area (Å²) in [5, 5.41) is 5.56. The molecule has 0 fully saturated rings. The predicted molar refractivity (Wildman–Crippen MR) is 113 cm³/mol. The maximum atomic E-state index is 12.7. The molecule has 1 unspecified atom stereocenters. The van der Waals surface area contributed by atoms with E-state index in [1.807, 2.05) is 21.1 Å². The summed E-state index contributed by atoms with van der Waals surface area (Å²) in [6.45, 7) is 3.19. The molecular weight excluding hydrogens is 384 g/mol. The van der Waals surface area contributed by atoms with Crippen LogP contribution >= 0.6 is 0 Å². The van der Waals surface area contributed by atoms with Gasteiger partial charge in [0.05, 0.1) is 31.2 Å². The molecule has 8 nitrogen and oxygen atoms in total. The number of furan rings is 1. The lowest BCUT2D eigenvalue weighted by Gasteiger charge is -2.28. The normalized spacial score (nSPS) is 17.2. The maximum Gasteiger partial charge on any atom is 0.338 e. The SMILES string of the molecule is CCOC(=O)C1=C(C[NH+](C)Cc2ccc(N(C)C)cc2)NC(=O)N[C@@H]1c1ccco1. The smallest absolute Gasteiger partial charge is 0.338 e. The summed E-state index contributed by atoms with van der Waals surface area (Å²) in [6.07, 6.45) is 1.51. The molecule has 1 aromatic carbocycles. The number of nitrogens with zero attached hydrogens (tertiary/aromatic N) is 1. The Morgan fingerprint density at radius 1 is 1.20 bits per heavy atom. The van der Waals surface area contributed by atoms with Crippen molar-refractivity contribution in [3.05, 3.63) is 65.3 Å². The van der Waals surface area contributed by atoms with Crippen molar-refractivity contribution in [2.45, 2.75) is 19.5 Å². The molecular formula is C22H29N4O4+. The monoisotopic (exact) mass is 413 g/mol. The van der Waals surface area contributed by atoms with Gasteiger partial charge in [-0.15, -0.1) is 0 Å². The number of likely N-dealkylation sites (N-methyl/N-ethyl adjacent to an activating group) is 1. The molecule has 0 saturated heterocycles. The molecule has 1 aliphatic rings. The molecule has 3 rings (SSSR count). The molecule has 3 N–H and O–H groups in total. The minimum absolute atomic E-state index is 0.245. The fraction of sp³-hybridized carbons (Fsp3) is 0.364. The van der Waals surface area contributed by atoms with Crippen molar-refractivity contribution in [2.75, 3.05) is 39.2 Å². The third kappa shape index (κ3) is 5.01. The minimum Gasteiger partial charge on any atom is -0.467 e. The summed E-state index contributed by atoms with van der Waals surface area (Å²) in [5.74, 6) is 0.0202. The van der Waals surface area contributed by atoms with Gasteiger partial charge < -0.3 is 29.6 Å². The summed E-state index contributed by atoms with van der Waals surface area (Å²) in [5.41, 5.74) is 3.21. The number of carbonyl (C=O) groups is 2. The maximum absolute atomic E-state index is 12.7. The van der Waals surface area contributed by atoms with Crippen LogP contribution in [0.3, 0.4) is 0 Å². The highest BCUT2D eigenvalue weighted by Crippen LogP contribution is 2.27. The molecule has 8 heteroatoms. The second kappa shape index (κ2) is 9.49. The second-order valence-electron chi connectivity index (χ2n) is 7.53. The molecule has 0 bridgehead atoms. The van der Waals surface area contributed by atoms with E-state index >= 15 is 0 Å². The van der Waals surface area contributed by atoms with E-state index in [9.17, 15) is 9.59 Å². The predicted octanol–water partition coefficient (Wildman–Crippen LogP) is 1.23. The first-order chi connectivity index (χ1) is 14.4. The van der Waals surface area contributed by atoms with Crippen LogP contribution in [0.2, 0.25) is 0 Å². The highest BCUT2D eigenvalue weighted by Gasteiger charge is 2.36. The average Bonchev–Trinajstić information content (AvgIpc) is 3.22. The van der Waals surface area contributed by atoms with E-state index in [1.54, 1.807) is 19.1 Å². The highest BCUT2D eigenvalue weighted by atomic mass is 16.5. The Balaban J connectivity index is 1.84. The first kappa shape index (κ1) is 21.4. The Labute approximate surface area is 176 Å². The van der Waals surface area contributed by atoms with E-state index in [4.69, 9.17) is 9.15 Å². The first-order valence-electron chi connectivity index (χ1n) is 9.97. The van der Waals surface area contributed by atoms with Crippen LogP contribution < -0.4 is 20.4 Å². The first-order valence-corrected chi connectivity index (χ1v) is 9.97. The van der Waals surface area contributed by atoms with Crippen LogP contribution in [0.1, 0.15) is 24.3 Å². The van der Waals surface area contributed by atoms with Crippen LogP contribution in [0.15, 0.2) is 58.3 Å². The largest absolute Gasteiger partial charge is 0.467 e. The number of urea groups is 1. The number of amides is 2. The lowest BCUT2D eigenvalue weighted by molar-refractivity contribution is -0.889. The summed E-state index contributed by atoms with van der Waals surface area (Å²) >= 11 is 0. The summed E-state index contributed by atoms with van der Waals surface area (Å²) in [7, 11) is 6.03. The molecule has 0 aliphatic carbocycles. The zero-order chi connectivity index (χ0) is 21.7. The standard InChI is InChI=1S/C22H28N4O4/c1-5-29-21(27)19-17(23-22(28)24-20(19)18-7-6-12-30-18)14-26(4)13-15-8-10-16(11-9-15)25(2)3/h6-12,20H,5,13-14H2,1-4H3,(H2,23,24,28)/p+1/t20-/m1/s1. The molecule has 2 atom stereocenters. The molecule has 0 saturated carbocycles. The zero-order valence-electron chi connectivity index (χ0n) is 17.8. The summed E-state index contributed by atoms with van der Waals surface area (Å²) in [4.78, 5) is 28.2. The van der Waals surface area contributed by atoms with Crippen molar-refractivity contribution in [3.8, 4) is 0 Å². The molecule has 1 aromatic heterocycles. The molecule has 160 valence electrons. The molecule has 0 radical (unpaired) electrons. The molecule has 30 heavy (non-hydrogen) atoms. The Bertz CT molecular complexity index is 904. The fourth-order valence-corrected chi connectivity index (χ4v) is 3.50. The van der Waals surface area contributed by atoms with Crippen molar-refractivity contribution in [3.63, 3.8) is 0 Å². The molecule has 2 amide bonds. The van der Waals surface area contributed by atoms with Gasteiger partial charge >= 0.3 is 12.0 Å². The van der Waals surface area contributed by atoms with Gasteiger partial charge in [-0.3, -0.25) is 0 Å². The van der Waals surface area contributed by atoms with E-state index in [0.717, 1.165) is 17.1 Å². The van der Waals surface area contributed by atoms with Gasteiger partial charge in [0, 0.05) is 25.3 Å². The van der Waals surface area contributed by atoms with Crippen LogP contribution in [0, 0.1) is 0 Å². The molecule has 0 spiro atoms. The number of carbonyl (C=O) groups excluding carboxylic acids is 2. The zero-order valence-corrected chi connectivity index (χ0v) is 17.8. The van der Waals surface area contributed by atoms with Crippen LogP contribution in [-0.2, 0) is 16.1 Å². The average molecular weight is 413 g/mol. The van der Waals surface area contributed by atoms with Gasteiger partial charge in [0.2, 0.25) is 0 Å². The van der Waals surface area contributed by atoms with E-state index in [1.165, 1.54) is 11.8 Å². The van der Waals surface area contributed by atoms with Gasteiger partial charge in [-0.25, -0.2) is 9.59 Å². The van der Waals surface area contributed by atoms with E-state index < -0.39 is 12.0 Å². The van der Waals surface area contributed by atoms with Crippen molar-refractivity contribution in [1.29, 1.82) is 0 Å². The van der Waals surface area contributed by atoms with Gasteiger partial charge in [-0.2, -0.15) is 0 Å². The second-order valence-corrected chi connectivity index (χ2v) is 7.53. The molecule has 1 aliphatic heterocycles. The van der Waals surface area contributed by atoms with Crippen molar-refractivity contribution in [1.82, 2.24) is 10.6 Å².